The van der Waals surface area contributed by atoms with Crippen LogP contribution in [0.5, 0.6) is 0 Å². The standard InChI is InChI=1S/C20H28N4O4/c25-17(22-15-4-2-1-3-5-15)13-24-12-14(11-21-24)18(26)23-8-6-20(7-9-23)10-16(20)19(27)28/h11-12,15-16H,1-10,13H2,(H,22,25)(H,27,28). The summed E-state index contributed by atoms with van der Waals surface area (Å²) >= 11 is 0. The van der Waals surface area contributed by atoms with Gasteiger partial charge in [0, 0.05) is 25.3 Å². The van der Waals surface area contributed by atoms with Gasteiger partial charge in [-0.3, -0.25) is 19.1 Å². The van der Waals surface area contributed by atoms with Crippen LogP contribution in [0.4, 0.5) is 0 Å². The summed E-state index contributed by atoms with van der Waals surface area (Å²) in [6, 6.07) is 0.260. The van der Waals surface area contributed by atoms with Gasteiger partial charge >= 0.3 is 5.97 Å². The summed E-state index contributed by atoms with van der Waals surface area (Å²) in [5.41, 5.74) is 0.385. The summed E-state index contributed by atoms with van der Waals surface area (Å²) in [5, 5.41) is 16.4. The van der Waals surface area contributed by atoms with E-state index in [1.807, 2.05) is 0 Å². The van der Waals surface area contributed by atoms with E-state index in [2.05, 4.69) is 10.4 Å². The molecule has 0 bridgehead atoms. The number of carboxylic acid groups (broad SMARTS) is 1. The van der Waals surface area contributed by atoms with E-state index in [-0.39, 0.29) is 35.7 Å². The number of aromatic nitrogens is 2. The lowest BCUT2D eigenvalue weighted by Crippen LogP contribution is -2.40. The second-order valence-corrected chi connectivity index (χ2v) is 8.58. The Morgan fingerprint density at radius 2 is 1.89 bits per heavy atom. The summed E-state index contributed by atoms with van der Waals surface area (Å²) in [7, 11) is 0. The van der Waals surface area contributed by atoms with Gasteiger partial charge in [-0.15, -0.1) is 0 Å². The zero-order valence-electron chi connectivity index (χ0n) is 16.1. The van der Waals surface area contributed by atoms with Crippen LogP contribution in [0.2, 0.25) is 0 Å². The van der Waals surface area contributed by atoms with E-state index in [1.165, 1.54) is 17.3 Å². The minimum atomic E-state index is -0.715. The Morgan fingerprint density at radius 1 is 1.18 bits per heavy atom. The lowest BCUT2D eigenvalue weighted by atomic mass is 9.90. The van der Waals surface area contributed by atoms with E-state index < -0.39 is 5.97 Å². The topological polar surface area (TPSA) is 105 Å². The highest BCUT2D eigenvalue weighted by molar-refractivity contribution is 5.94. The molecule has 2 aliphatic carbocycles. The van der Waals surface area contributed by atoms with Crippen LogP contribution in [-0.4, -0.2) is 56.7 Å². The minimum Gasteiger partial charge on any atom is -0.481 e. The normalized spacial score (nSPS) is 24.1. The molecule has 3 aliphatic rings. The van der Waals surface area contributed by atoms with Gasteiger partial charge in [0.15, 0.2) is 0 Å². The number of hydrogen-bond donors (Lipinski definition) is 2. The van der Waals surface area contributed by atoms with Crippen molar-refractivity contribution in [2.45, 2.75) is 64.0 Å². The molecular weight excluding hydrogens is 360 g/mol. The molecule has 4 rings (SSSR count). The van der Waals surface area contributed by atoms with Crippen molar-refractivity contribution >= 4 is 17.8 Å². The van der Waals surface area contributed by atoms with Crippen molar-refractivity contribution < 1.29 is 19.5 Å². The second kappa shape index (κ2) is 7.56. The van der Waals surface area contributed by atoms with Crippen LogP contribution in [0.15, 0.2) is 12.4 Å². The molecule has 3 fully saturated rings. The fourth-order valence-corrected chi connectivity index (χ4v) is 4.81. The zero-order valence-corrected chi connectivity index (χ0v) is 16.1. The Hall–Kier alpha value is -2.38. The molecule has 0 radical (unpaired) electrons. The summed E-state index contributed by atoms with van der Waals surface area (Å²) in [4.78, 5) is 37.9. The summed E-state index contributed by atoms with van der Waals surface area (Å²) in [6.45, 7) is 1.28. The number of carbonyl (C=O) groups excluding carboxylic acids is 2. The van der Waals surface area contributed by atoms with Gasteiger partial charge in [-0.2, -0.15) is 5.10 Å². The number of carboxylic acids is 1. The molecule has 1 aromatic rings. The van der Waals surface area contributed by atoms with Crippen LogP contribution < -0.4 is 5.32 Å². The summed E-state index contributed by atoms with van der Waals surface area (Å²) in [6.07, 6.45) is 11.0. The smallest absolute Gasteiger partial charge is 0.307 e. The fourth-order valence-electron chi connectivity index (χ4n) is 4.81. The largest absolute Gasteiger partial charge is 0.481 e. The van der Waals surface area contributed by atoms with E-state index >= 15 is 0 Å². The quantitative estimate of drug-likeness (QED) is 0.798. The maximum absolute atomic E-state index is 12.7. The van der Waals surface area contributed by atoms with Crippen molar-refractivity contribution in [3.05, 3.63) is 18.0 Å². The molecule has 1 spiro atoms. The Balaban J connectivity index is 1.27. The molecule has 2 amide bonds. The van der Waals surface area contributed by atoms with Crippen LogP contribution >= 0.6 is 0 Å². The molecule has 8 nitrogen and oxygen atoms in total. The van der Waals surface area contributed by atoms with E-state index in [1.54, 1.807) is 11.1 Å². The van der Waals surface area contributed by atoms with Gasteiger partial charge in [0.2, 0.25) is 5.91 Å². The third kappa shape index (κ3) is 3.91. The van der Waals surface area contributed by atoms with Gasteiger partial charge in [0.1, 0.15) is 6.54 Å². The van der Waals surface area contributed by atoms with Crippen LogP contribution in [0.1, 0.15) is 61.7 Å². The van der Waals surface area contributed by atoms with E-state index in [0.29, 0.717) is 18.7 Å². The van der Waals surface area contributed by atoms with E-state index in [0.717, 1.165) is 44.9 Å². The Morgan fingerprint density at radius 3 is 2.54 bits per heavy atom. The van der Waals surface area contributed by atoms with Crippen molar-refractivity contribution in [3.8, 4) is 0 Å². The van der Waals surface area contributed by atoms with Gasteiger partial charge in [0.25, 0.3) is 5.91 Å². The number of amides is 2. The molecule has 1 atom stereocenters. The lowest BCUT2D eigenvalue weighted by Gasteiger charge is -2.32. The van der Waals surface area contributed by atoms with Crippen molar-refractivity contribution in [1.82, 2.24) is 20.0 Å². The van der Waals surface area contributed by atoms with Gasteiger partial charge in [0.05, 0.1) is 17.7 Å². The van der Waals surface area contributed by atoms with E-state index in [4.69, 9.17) is 0 Å². The number of nitrogens with zero attached hydrogens (tertiary/aromatic N) is 3. The van der Waals surface area contributed by atoms with Crippen LogP contribution in [-0.2, 0) is 16.1 Å². The van der Waals surface area contributed by atoms with Crippen LogP contribution in [0.25, 0.3) is 0 Å². The Kier molecular flexibility index (Phi) is 5.12. The number of hydrogen-bond acceptors (Lipinski definition) is 4. The molecule has 8 heteroatoms. The van der Waals surface area contributed by atoms with Gasteiger partial charge in [-0.25, -0.2) is 0 Å². The first-order valence-corrected chi connectivity index (χ1v) is 10.3. The van der Waals surface area contributed by atoms with Crippen LogP contribution in [0.3, 0.4) is 0 Å². The van der Waals surface area contributed by atoms with E-state index in [9.17, 15) is 19.5 Å². The molecule has 2 heterocycles. The molecule has 1 saturated heterocycles. The third-order valence-corrected chi connectivity index (χ3v) is 6.69. The number of aliphatic carboxylic acids is 1. The number of nitrogens with one attached hydrogen (secondary N) is 1. The van der Waals surface area contributed by atoms with Gasteiger partial charge in [-0.1, -0.05) is 19.3 Å². The third-order valence-electron chi connectivity index (χ3n) is 6.69. The molecule has 1 unspecified atom stereocenters. The minimum absolute atomic E-state index is 0.0673. The summed E-state index contributed by atoms with van der Waals surface area (Å²) in [5.74, 6) is -1.12. The van der Waals surface area contributed by atoms with Gasteiger partial charge in [-0.05, 0) is 37.5 Å². The highest BCUT2D eigenvalue weighted by Crippen LogP contribution is 2.59. The number of piperidine rings is 1. The number of carbonyl (C=O) groups is 3. The SMILES string of the molecule is O=C(Cn1cc(C(=O)N2CCC3(CC2)CC3C(=O)O)cn1)NC1CCCCC1. The molecule has 2 saturated carbocycles. The predicted molar refractivity (Wildman–Crippen MR) is 101 cm³/mol. The molecule has 152 valence electrons. The molecule has 0 aromatic carbocycles. The van der Waals surface area contributed by atoms with Crippen LogP contribution in [0, 0.1) is 11.3 Å². The fraction of sp³-hybridized carbons (Fsp3) is 0.700. The molecule has 2 N–H and O–H groups in total. The zero-order chi connectivity index (χ0) is 19.7. The molecule has 28 heavy (non-hydrogen) atoms. The number of likely N-dealkylation sites (tertiary alicyclic amines) is 1. The highest BCUT2D eigenvalue weighted by atomic mass is 16.4. The van der Waals surface area contributed by atoms with Gasteiger partial charge < -0.3 is 15.3 Å². The van der Waals surface area contributed by atoms with Crippen molar-refractivity contribution in [2.75, 3.05) is 13.1 Å². The van der Waals surface area contributed by atoms with Crippen molar-refractivity contribution in [1.29, 1.82) is 0 Å². The maximum atomic E-state index is 12.7. The Labute approximate surface area is 164 Å². The maximum Gasteiger partial charge on any atom is 0.307 e. The first-order valence-electron chi connectivity index (χ1n) is 10.3. The number of rotatable bonds is 5. The average molecular weight is 388 g/mol. The highest BCUT2D eigenvalue weighted by Gasteiger charge is 2.59. The molecular formula is C20H28N4O4. The monoisotopic (exact) mass is 388 g/mol. The van der Waals surface area contributed by atoms with Crippen molar-refractivity contribution in [2.24, 2.45) is 11.3 Å². The first kappa shape index (κ1) is 19.0. The Bertz CT molecular complexity index is 760. The average Bonchev–Trinajstić information content (AvgIpc) is 3.19. The molecule has 1 aromatic heterocycles. The predicted octanol–water partition coefficient (Wildman–Crippen LogP) is 1.66. The second-order valence-electron chi connectivity index (χ2n) is 8.58. The first-order chi connectivity index (χ1) is 13.5. The van der Waals surface area contributed by atoms with Crippen molar-refractivity contribution in [3.63, 3.8) is 0 Å². The lowest BCUT2D eigenvalue weighted by molar-refractivity contribution is -0.139. The summed E-state index contributed by atoms with van der Waals surface area (Å²) < 4.78 is 1.51. The molecule has 1 aliphatic heterocycles.